The Morgan fingerprint density at radius 1 is 1.13 bits per heavy atom. The standard InChI is InChI=1S/C24H30N2O4/c1-17(2)13-22(24(28)25-20-11-12-29-16-20)26-23(27)19-9-6-10-21(14-19)30-15-18-7-4-3-5-8-18/h3-10,14,17,20,22H,11-13,15-16H2,1-2H3,(H,25,28)(H,26,27). The zero-order valence-corrected chi connectivity index (χ0v) is 17.6. The smallest absolute Gasteiger partial charge is 0.252 e. The number of nitrogens with one attached hydrogen (secondary N) is 2. The summed E-state index contributed by atoms with van der Waals surface area (Å²) in [5.41, 5.74) is 1.52. The third kappa shape index (κ3) is 6.59. The van der Waals surface area contributed by atoms with Crippen molar-refractivity contribution in [2.45, 2.75) is 45.4 Å². The number of carbonyl (C=O) groups is 2. The van der Waals surface area contributed by atoms with Gasteiger partial charge in [0.1, 0.15) is 18.4 Å². The molecule has 30 heavy (non-hydrogen) atoms. The second-order valence-corrected chi connectivity index (χ2v) is 8.03. The molecule has 6 nitrogen and oxygen atoms in total. The fourth-order valence-corrected chi connectivity index (χ4v) is 3.36. The zero-order chi connectivity index (χ0) is 21.3. The van der Waals surface area contributed by atoms with Gasteiger partial charge < -0.3 is 20.1 Å². The lowest BCUT2D eigenvalue weighted by Gasteiger charge is -2.22. The number of rotatable bonds is 9. The molecule has 0 spiro atoms. The van der Waals surface area contributed by atoms with E-state index in [9.17, 15) is 9.59 Å². The van der Waals surface area contributed by atoms with Gasteiger partial charge in [0.15, 0.2) is 0 Å². The van der Waals surface area contributed by atoms with Crippen molar-refractivity contribution < 1.29 is 19.1 Å². The molecule has 0 saturated carbocycles. The lowest BCUT2D eigenvalue weighted by molar-refractivity contribution is -0.124. The summed E-state index contributed by atoms with van der Waals surface area (Å²) in [4.78, 5) is 25.6. The molecule has 1 aliphatic rings. The third-order valence-electron chi connectivity index (χ3n) is 4.95. The van der Waals surface area contributed by atoms with Gasteiger partial charge >= 0.3 is 0 Å². The molecule has 3 rings (SSSR count). The maximum absolute atomic E-state index is 12.8. The first-order chi connectivity index (χ1) is 14.5. The molecule has 2 unspecified atom stereocenters. The van der Waals surface area contributed by atoms with Crippen LogP contribution in [0.3, 0.4) is 0 Å². The van der Waals surface area contributed by atoms with E-state index in [0.717, 1.165) is 12.0 Å². The van der Waals surface area contributed by atoms with Crippen molar-refractivity contribution in [3.8, 4) is 5.75 Å². The zero-order valence-electron chi connectivity index (χ0n) is 17.6. The van der Waals surface area contributed by atoms with Crippen molar-refractivity contribution in [3.05, 3.63) is 65.7 Å². The van der Waals surface area contributed by atoms with Crippen LogP contribution in [0.2, 0.25) is 0 Å². The van der Waals surface area contributed by atoms with Gasteiger partial charge in [-0.15, -0.1) is 0 Å². The van der Waals surface area contributed by atoms with Crippen LogP contribution in [0.25, 0.3) is 0 Å². The summed E-state index contributed by atoms with van der Waals surface area (Å²) in [5.74, 6) is 0.425. The first-order valence-electron chi connectivity index (χ1n) is 10.5. The SMILES string of the molecule is CC(C)CC(NC(=O)c1cccc(OCc2ccccc2)c1)C(=O)NC1CCOC1. The first-order valence-corrected chi connectivity index (χ1v) is 10.5. The fourth-order valence-electron chi connectivity index (χ4n) is 3.36. The number of amides is 2. The van der Waals surface area contributed by atoms with Gasteiger partial charge in [0, 0.05) is 12.2 Å². The topological polar surface area (TPSA) is 76.7 Å². The molecule has 2 atom stereocenters. The fraction of sp³-hybridized carbons (Fsp3) is 0.417. The number of carbonyl (C=O) groups excluding carboxylic acids is 2. The van der Waals surface area contributed by atoms with Crippen LogP contribution in [0.4, 0.5) is 0 Å². The quantitative estimate of drug-likeness (QED) is 0.665. The minimum atomic E-state index is -0.591. The molecule has 1 fully saturated rings. The molecule has 2 N–H and O–H groups in total. The summed E-state index contributed by atoms with van der Waals surface area (Å²) >= 11 is 0. The van der Waals surface area contributed by atoms with E-state index >= 15 is 0 Å². The average molecular weight is 411 g/mol. The predicted octanol–water partition coefficient (Wildman–Crippen LogP) is 3.32. The maximum Gasteiger partial charge on any atom is 0.252 e. The number of ether oxygens (including phenoxy) is 2. The van der Waals surface area contributed by atoms with E-state index in [4.69, 9.17) is 9.47 Å². The normalized spacial score (nSPS) is 16.8. The summed E-state index contributed by atoms with van der Waals surface area (Å²) in [6, 6.07) is 16.3. The van der Waals surface area contributed by atoms with Crippen LogP contribution in [-0.4, -0.2) is 37.1 Å². The molecule has 0 radical (unpaired) electrons. The van der Waals surface area contributed by atoms with Crippen molar-refractivity contribution in [2.75, 3.05) is 13.2 Å². The van der Waals surface area contributed by atoms with Crippen molar-refractivity contribution in [1.29, 1.82) is 0 Å². The molecule has 2 amide bonds. The minimum Gasteiger partial charge on any atom is -0.489 e. The molecular formula is C24H30N2O4. The van der Waals surface area contributed by atoms with E-state index in [1.165, 1.54) is 0 Å². The summed E-state index contributed by atoms with van der Waals surface area (Å²) in [6.07, 6.45) is 1.37. The van der Waals surface area contributed by atoms with E-state index < -0.39 is 6.04 Å². The summed E-state index contributed by atoms with van der Waals surface area (Å²) in [6.45, 7) is 5.66. The lowest BCUT2D eigenvalue weighted by atomic mass is 10.0. The van der Waals surface area contributed by atoms with Crippen LogP contribution < -0.4 is 15.4 Å². The highest BCUT2D eigenvalue weighted by Gasteiger charge is 2.26. The molecule has 1 heterocycles. The minimum absolute atomic E-state index is 0.0128. The summed E-state index contributed by atoms with van der Waals surface area (Å²) < 4.78 is 11.1. The van der Waals surface area contributed by atoms with E-state index in [2.05, 4.69) is 10.6 Å². The average Bonchev–Trinajstić information content (AvgIpc) is 3.25. The molecular weight excluding hydrogens is 380 g/mol. The van der Waals surface area contributed by atoms with Crippen LogP contribution in [0.15, 0.2) is 54.6 Å². The van der Waals surface area contributed by atoms with E-state index in [1.54, 1.807) is 18.2 Å². The summed E-state index contributed by atoms with van der Waals surface area (Å²) in [5, 5.41) is 5.88. The third-order valence-corrected chi connectivity index (χ3v) is 4.95. The second-order valence-electron chi connectivity index (χ2n) is 8.03. The molecule has 0 aliphatic carbocycles. The van der Waals surface area contributed by atoms with E-state index in [1.807, 2.05) is 50.2 Å². The highest BCUT2D eigenvalue weighted by Crippen LogP contribution is 2.16. The Kier molecular flexibility index (Phi) is 7.85. The molecule has 2 aromatic carbocycles. The number of benzene rings is 2. The van der Waals surface area contributed by atoms with E-state index in [-0.39, 0.29) is 23.8 Å². The van der Waals surface area contributed by atoms with Crippen LogP contribution in [0, 0.1) is 5.92 Å². The van der Waals surface area contributed by atoms with Crippen LogP contribution >= 0.6 is 0 Å². The monoisotopic (exact) mass is 410 g/mol. The molecule has 160 valence electrons. The van der Waals surface area contributed by atoms with Gasteiger partial charge in [-0.1, -0.05) is 50.2 Å². The van der Waals surface area contributed by atoms with Gasteiger partial charge in [-0.3, -0.25) is 9.59 Å². The Hall–Kier alpha value is -2.86. The molecule has 1 aliphatic heterocycles. The maximum atomic E-state index is 12.8. The van der Waals surface area contributed by atoms with Crippen LogP contribution in [-0.2, 0) is 16.1 Å². The first kappa shape index (κ1) is 21.8. The van der Waals surface area contributed by atoms with Crippen molar-refractivity contribution in [3.63, 3.8) is 0 Å². The Labute approximate surface area is 178 Å². The Morgan fingerprint density at radius 3 is 2.63 bits per heavy atom. The molecule has 0 aromatic heterocycles. The van der Waals surface area contributed by atoms with E-state index in [0.29, 0.717) is 37.6 Å². The van der Waals surface area contributed by atoms with Gasteiger partial charge in [-0.2, -0.15) is 0 Å². The van der Waals surface area contributed by atoms with Crippen LogP contribution in [0.1, 0.15) is 42.6 Å². The Morgan fingerprint density at radius 2 is 1.93 bits per heavy atom. The highest BCUT2D eigenvalue weighted by atomic mass is 16.5. The van der Waals surface area contributed by atoms with Gasteiger partial charge in [-0.05, 0) is 42.5 Å². The molecule has 6 heteroatoms. The largest absolute Gasteiger partial charge is 0.489 e. The number of hydrogen-bond acceptors (Lipinski definition) is 4. The van der Waals surface area contributed by atoms with Gasteiger partial charge in [0.2, 0.25) is 5.91 Å². The Balaban J connectivity index is 1.62. The van der Waals surface area contributed by atoms with Gasteiger partial charge in [-0.25, -0.2) is 0 Å². The molecule has 2 aromatic rings. The number of hydrogen-bond donors (Lipinski definition) is 2. The van der Waals surface area contributed by atoms with Crippen molar-refractivity contribution in [1.82, 2.24) is 10.6 Å². The molecule has 0 bridgehead atoms. The molecule has 1 saturated heterocycles. The predicted molar refractivity (Wildman–Crippen MR) is 115 cm³/mol. The van der Waals surface area contributed by atoms with Gasteiger partial charge in [0.25, 0.3) is 5.91 Å². The summed E-state index contributed by atoms with van der Waals surface area (Å²) in [7, 11) is 0. The second kappa shape index (κ2) is 10.8. The van der Waals surface area contributed by atoms with Gasteiger partial charge in [0.05, 0.1) is 12.6 Å². The van der Waals surface area contributed by atoms with Crippen molar-refractivity contribution in [2.24, 2.45) is 5.92 Å². The van der Waals surface area contributed by atoms with Crippen LogP contribution in [0.5, 0.6) is 5.75 Å². The Bertz CT molecular complexity index is 832. The highest BCUT2D eigenvalue weighted by molar-refractivity contribution is 5.97. The van der Waals surface area contributed by atoms with Crippen molar-refractivity contribution >= 4 is 11.8 Å². The lowest BCUT2D eigenvalue weighted by Crippen LogP contribution is -2.50.